The molecule has 0 radical (unpaired) electrons. The van der Waals surface area contributed by atoms with Crippen LogP contribution in [0, 0.1) is 0 Å². The molecule has 0 saturated carbocycles. The first kappa shape index (κ1) is 15.5. The summed E-state index contributed by atoms with van der Waals surface area (Å²) in [7, 11) is -4.77. The fraction of sp³-hybridized carbons (Fsp3) is 1.00. The maximum atomic E-state index is 9.86. The number of phosphoric ester groups is 1. The third-order valence-corrected chi connectivity index (χ3v) is 1.17. The fourth-order valence-electron chi connectivity index (χ4n) is 0.155. The molecule has 0 amide bonds. The van der Waals surface area contributed by atoms with E-state index in [1.165, 1.54) is 0 Å². The molecular weight excluding hydrogens is 248 g/mol. The second-order valence-electron chi connectivity index (χ2n) is 1.36. The smallest absolute Gasteiger partial charge is 0.756 e. The molecule has 62 valence electrons. The van der Waals surface area contributed by atoms with Crippen molar-refractivity contribution in [3.8, 4) is 0 Å². The summed E-state index contributed by atoms with van der Waals surface area (Å²) in [5.41, 5.74) is 0. The Morgan fingerprint density at radius 1 is 1.55 bits per heavy atom. The second kappa shape index (κ2) is 5.66. The van der Waals surface area contributed by atoms with Gasteiger partial charge in [-0.15, -0.1) is 0 Å². The average Bonchev–Trinajstić information content (AvgIpc) is 1.57. The molecule has 9 heteroatoms. The topological polar surface area (TPSA) is 69.6 Å². The van der Waals surface area contributed by atoms with Crippen molar-refractivity contribution in [1.82, 2.24) is 0 Å². The van der Waals surface area contributed by atoms with Crippen LogP contribution in [0.25, 0.3) is 0 Å². The molecule has 0 heterocycles. The van der Waals surface area contributed by atoms with Crippen LogP contribution in [0.1, 0.15) is 0 Å². The number of phosphoric acid groups is 1. The van der Waals surface area contributed by atoms with E-state index >= 15 is 0 Å². The van der Waals surface area contributed by atoms with Crippen molar-refractivity contribution in [2.45, 2.75) is 3.79 Å². The van der Waals surface area contributed by atoms with Gasteiger partial charge >= 0.3 is 29.6 Å². The van der Waals surface area contributed by atoms with Gasteiger partial charge in [-0.25, -0.2) is 0 Å². The summed E-state index contributed by atoms with van der Waals surface area (Å²) in [6, 6.07) is 0. The molecule has 0 saturated heterocycles. The van der Waals surface area contributed by atoms with Crippen LogP contribution in [0.5, 0.6) is 0 Å². The molecule has 0 spiro atoms. The minimum atomic E-state index is -4.77. The first-order valence-electron chi connectivity index (χ1n) is 1.96. The normalized spacial score (nSPS) is 16.8. The molecule has 1 atom stereocenters. The second-order valence-corrected chi connectivity index (χ2v) is 5.07. The third-order valence-electron chi connectivity index (χ3n) is 0.391. The van der Waals surface area contributed by atoms with Gasteiger partial charge in [-0.05, 0) is 0 Å². The fourth-order valence-corrected chi connectivity index (χ4v) is 0.903. The number of hydrogen-bond acceptors (Lipinski definition) is 3. The van der Waals surface area contributed by atoms with Crippen LogP contribution in [-0.2, 0) is 9.09 Å². The maximum absolute atomic E-state index is 9.86. The van der Waals surface area contributed by atoms with Gasteiger partial charge in [0.15, 0.2) is 0 Å². The zero-order valence-electron chi connectivity index (χ0n) is 5.46. The van der Waals surface area contributed by atoms with E-state index < -0.39 is 18.2 Å². The van der Waals surface area contributed by atoms with Crippen molar-refractivity contribution < 1.29 is 48.4 Å². The Labute approximate surface area is 101 Å². The first-order valence-corrected chi connectivity index (χ1v) is 4.59. The molecular formula is C2H3Cl3NaO4P. The molecule has 0 rings (SSSR count). The summed E-state index contributed by atoms with van der Waals surface area (Å²) >= 11 is 15.2. The van der Waals surface area contributed by atoms with Crippen LogP contribution in [-0.4, -0.2) is 15.3 Å². The average molecular weight is 251 g/mol. The Hall–Kier alpha value is 1.98. The summed E-state index contributed by atoms with van der Waals surface area (Å²) in [6.07, 6.45) is 0. The Balaban J connectivity index is 0. The molecule has 0 aliphatic heterocycles. The Bertz CT molecular complexity index is 152. The van der Waals surface area contributed by atoms with E-state index in [2.05, 4.69) is 4.52 Å². The SMILES string of the molecule is O=P([O-])(O)OCC(Cl)(Cl)Cl.[Na+]. The first-order chi connectivity index (χ1) is 4.21. The number of alkyl halides is 3. The molecule has 0 aromatic rings. The van der Waals surface area contributed by atoms with Crippen LogP contribution in [0.3, 0.4) is 0 Å². The minimum absolute atomic E-state index is 0. The number of rotatable bonds is 2. The van der Waals surface area contributed by atoms with E-state index in [4.69, 9.17) is 39.7 Å². The van der Waals surface area contributed by atoms with Crippen LogP contribution < -0.4 is 34.5 Å². The van der Waals surface area contributed by atoms with E-state index in [0.29, 0.717) is 0 Å². The van der Waals surface area contributed by atoms with Crippen molar-refractivity contribution in [3.05, 3.63) is 0 Å². The van der Waals surface area contributed by atoms with Crippen molar-refractivity contribution in [2.75, 3.05) is 6.61 Å². The van der Waals surface area contributed by atoms with Gasteiger partial charge in [-0.3, -0.25) is 4.57 Å². The Morgan fingerprint density at radius 2 is 1.91 bits per heavy atom. The molecule has 0 fully saturated rings. The van der Waals surface area contributed by atoms with Gasteiger partial charge in [0.2, 0.25) is 3.79 Å². The van der Waals surface area contributed by atoms with Crippen molar-refractivity contribution in [2.24, 2.45) is 0 Å². The van der Waals surface area contributed by atoms with Crippen molar-refractivity contribution >= 4 is 42.6 Å². The Morgan fingerprint density at radius 3 is 2.00 bits per heavy atom. The molecule has 1 unspecified atom stereocenters. The monoisotopic (exact) mass is 250 g/mol. The number of hydrogen-bond donors (Lipinski definition) is 1. The van der Waals surface area contributed by atoms with E-state index in [1.807, 2.05) is 0 Å². The van der Waals surface area contributed by atoms with Gasteiger partial charge in [-0.2, -0.15) is 0 Å². The van der Waals surface area contributed by atoms with Crippen LogP contribution >= 0.6 is 42.6 Å². The predicted octanol–water partition coefficient (Wildman–Crippen LogP) is -2.16. The van der Waals surface area contributed by atoms with Gasteiger partial charge in [0.25, 0.3) is 7.82 Å². The van der Waals surface area contributed by atoms with E-state index in [9.17, 15) is 9.46 Å². The van der Waals surface area contributed by atoms with Gasteiger partial charge in [-0.1, -0.05) is 34.8 Å². The molecule has 0 aliphatic carbocycles. The van der Waals surface area contributed by atoms with Gasteiger partial charge in [0.05, 0.1) is 0 Å². The van der Waals surface area contributed by atoms with Gasteiger partial charge in [0.1, 0.15) is 6.61 Å². The molecule has 0 aliphatic rings. The molecule has 0 aromatic heterocycles. The van der Waals surface area contributed by atoms with Gasteiger partial charge < -0.3 is 14.3 Å². The standard InChI is InChI=1S/C2H4Cl3O4P.Na/c3-2(4,5)1-9-10(6,7)8;/h1H2,(H2,6,7,8);/q;+1/p-1. The van der Waals surface area contributed by atoms with E-state index in [-0.39, 0.29) is 29.6 Å². The van der Waals surface area contributed by atoms with Crippen molar-refractivity contribution in [1.29, 1.82) is 0 Å². The largest absolute Gasteiger partial charge is 1.00 e. The van der Waals surface area contributed by atoms with Crippen LogP contribution in [0.2, 0.25) is 0 Å². The summed E-state index contributed by atoms with van der Waals surface area (Å²) in [5, 5.41) is 0. The molecule has 0 aromatic carbocycles. The number of halogens is 3. The Kier molecular flexibility index (Phi) is 7.95. The zero-order chi connectivity index (χ0) is 8.41. The predicted molar refractivity (Wildman–Crippen MR) is 36.1 cm³/mol. The molecule has 1 N–H and O–H groups in total. The summed E-state index contributed by atoms with van der Waals surface area (Å²) < 4.78 is 11.8. The molecule has 0 bridgehead atoms. The van der Waals surface area contributed by atoms with Crippen molar-refractivity contribution in [3.63, 3.8) is 0 Å². The van der Waals surface area contributed by atoms with E-state index in [0.717, 1.165) is 0 Å². The molecule has 4 nitrogen and oxygen atoms in total. The minimum Gasteiger partial charge on any atom is -0.756 e. The third kappa shape index (κ3) is 14.8. The van der Waals surface area contributed by atoms with Crippen LogP contribution in [0.15, 0.2) is 0 Å². The van der Waals surface area contributed by atoms with Crippen LogP contribution in [0.4, 0.5) is 0 Å². The maximum Gasteiger partial charge on any atom is 1.00 e. The zero-order valence-corrected chi connectivity index (χ0v) is 10.6. The summed E-state index contributed by atoms with van der Waals surface area (Å²) in [5.74, 6) is 0. The quantitative estimate of drug-likeness (QED) is 0.345. The molecule has 11 heavy (non-hydrogen) atoms. The van der Waals surface area contributed by atoms with Gasteiger partial charge in [0, 0.05) is 0 Å². The summed E-state index contributed by atoms with van der Waals surface area (Å²) in [6.45, 7) is -0.699. The summed E-state index contributed by atoms with van der Waals surface area (Å²) in [4.78, 5) is 17.8. The van der Waals surface area contributed by atoms with E-state index in [1.54, 1.807) is 0 Å².